The molecular weight excluding hydrogens is 422 g/mol. The molecule has 0 aromatic heterocycles. The number of hydrogen-bond acceptors (Lipinski definition) is 6. The lowest BCUT2D eigenvalue weighted by Gasteiger charge is -2.18. The maximum absolute atomic E-state index is 12.6. The second kappa shape index (κ2) is 7.37. The number of aromatic hydroxyl groups is 1. The number of hydrazine groups is 1. The van der Waals surface area contributed by atoms with Gasteiger partial charge in [0.05, 0.1) is 11.1 Å². The Kier molecular flexibility index (Phi) is 5.24. The van der Waals surface area contributed by atoms with Gasteiger partial charge >= 0.3 is 0 Å². The van der Waals surface area contributed by atoms with Crippen LogP contribution in [0.1, 0.15) is 44.9 Å². The van der Waals surface area contributed by atoms with E-state index in [0.29, 0.717) is 0 Å². The van der Waals surface area contributed by atoms with E-state index in [-0.39, 0.29) is 32.4 Å². The highest BCUT2D eigenvalue weighted by molar-refractivity contribution is 7.90. The number of carbonyl (C=O) groups is 3. The van der Waals surface area contributed by atoms with Crippen LogP contribution < -0.4 is 10.9 Å². The summed E-state index contributed by atoms with van der Waals surface area (Å²) in [5, 5.41) is 9.92. The van der Waals surface area contributed by atoms with E-state index in [9.17, 15) is 27.9 Å². The Balaban J connectivity index is 1.80. The van der Waals surface area contributed by atoms with Crippen LogP contribution in [0.15, 0.2) is 41.3 Å². The minimum Gasteiger partial charge on any atom is -0.507 e. The van der Waals surface area contributed by atoms with Crippen LogP contribution >= 0.6 is 11.6 Å². The van der Waals surface area contributed by atoms with Crippen molar-refractivity contribution in [3.8, 4) is 5.75 Å². The Morgan fingerprint density at radius 2 is 1.72 bits per heavy atom. The molecule has 0 spiro atoms. The average molecular weight is 438 g/mol. The minimum absolute atomic E-state index is 0.0249. The summed E-state index contributed by atoms with van der Waals surface area (Å²) in [6, 6.07) is 6.84. The van der Waals surface area contributed by atoms with Gasteiger partial charge in [-0.3, -0.25) is 25.2 Å². The largest absolute Gasteiger partial charge is 0.507 e. The van der Waals surface area contributed by atoms with Crippen molar-refractivity contribution in [1.82, 2.24) is 15.2 Å². The third kappa shape index (κ3) is 3.64. The fourth-order valence-corrected chi connectivity index (χ4v) is 4.81. The molecule has 1 aliphatic heterocycles. The number of phenols is 1. The van der Waals surface area contributed by atoms with Crippen molar-refractivity contribution in [2.75, 3.05) is 0 Å². The number of benzene rings is 2. The zero-order valence-corrected chi connectivity index (χ0v) is 16.8. The maximum Gasteiger partial charge on any atom is 0.273 e. The smallest absolute Gasteiger partial charge is 0.273 e. The molecule has 2 aromatic carbocycles. The number of fused-ring (bicyclic) bond motifs is 1. The van der Waals surface area contributed by atoms with Crippen LogP contribution in [0, 0.1) is 0 Å². The summed E-state index contributed by atoms with van der Waals surface area (Å²) in [7, 11) is -4.07. The Labute approximate surface area is 171 Å². The second-order valence-electron chi connectivity index (χ2n) is 6.48. The molecule has 0 saturated carbocycles. The highest BCUT2D eigenvalue weighted by Crippen LogP contribution is 2.32. The van der Waals surface area contributed by atoms with Crippen molar-refractivity contribution in [1.29, 1.82) is 0 Å². The van der Waals surface area contributed by atoms with Crippen molar-refractivity contribution in [3.63, 3.8) is 0 Å². The normalized spacial score (nSPS) is 14.6. The van der Waals surface area contributed by atoms with E-state index in [4.69, 9.17) is 11.6 Å². The molecule has 3 amide bonds. The molecule has 0 unspecified atom stereocenters. The SMILES string of the molecule is CC(C)N1C(=O)c2ccc(C(=O)NNC(=O)c3cc(Cl)ccc3O)cc2S1(=O)=O. The fraction of sp³-hybridized carbons (Fsp3) is 0.167. The first-order valence-electron chi connectivity index (χ1n) is 8.36. The Hall–Kier alpha value is -3.11. The highest BCUT2D eigenvalue weighted by Gasteiger charge is 2.42. The predicted octanol–water partition coefficient (Wildman–Crippen LogP) is 1.67. The van der Waals surface area contributed by atoms with Crippen LogP contribution in [-0.2, 0) is 10.0 Å². The lowest BCUT2D eigenvalue weighted by atomic mass is 10.1. The second-order valence-corrected chi connectivity index (χ2v) is 8.70. The molecule has 2 aromatic rings. The number of hydrogen-bond donors (Lipinski definition) is 3. The van der Waals surface area contributed by atoms with Crippen molar-refractivity contribution >= 4 is 39.3 Å². The molecule has 0 radical (unpaired) electrons. The quantitative estimate of drug-likeness (QED) is 0.625. The summed E-state index contributed by atoms with van der Waals surface area (Å²) in [6.45, 7) is 3.13. The lowest BCUT2D eigenvalue weighted by molar-refractivity contribution is 0.0843. The van der Waals surface area contributed by atoms with Crippen molar-refractivity contribution < 1.29 is 27.9 Å². The number of nitrogens with one attached hydrogen (secondary N) is 2. The van der Waals surface area contributed by atoms with E-state index in [2.05, 4.69) is 10.9 Å². The van der Waals surface area contributed by atoms with Crippen LogP contribution in [0.25, 0.3) is 0 Å². The molecule has 0 atom stereocenters. The predicted molar refractivity (Wildman–Crippen MR) is 103 cm³/mol. The van der Waals surface area contributed by atoms with Gasteiger partial charge in [0.15, 0.2) is 0 Å². The molecule has 1 heterocycles. The monoisotopic (exact) mass is 437 g/mol. The molecule has 3 rings (SSSR count). The van der Waals surface area contributed by atoms with Gasteiger partial charge in [-0.2, -0.15) is 0 Å². The fourth-order valence-electron chi connectivity index (χ4n) is 2.84. The molecule has 9 nitrogen and oxygen atoms in total. The zero-order chi connectivity index (χ0) is 21.5. The number of phenolic OH excluding ortho intramolecular Hbond substituents is 1. The van der Waals surface area contributed by atoms with Crippen LogP contribution in [0.2, 0.25) is 5.02 Å². The minimum atomic E-state index is -4.07. The van der Waals surface area contributed by atoms with Gasteiger partial charge in [0, 0.05) is 16.6 Å². The standard InChI is InChI=1S/C18H16ClN3O6S/c1-9(2)22-18(26)12-5-3-10(7-15(12)29(22,27)28)16(24)20-21-17(25)13-8-11(19)4-6-14(13)23/h3-9,23H,1-2H3,(H,20,24)(H,21,25). The van der Waals surface area contributed by atoms with Crippen LogP contribution in [0.5, 0.6) is 5.75 Å². The average Bonchev–Trinajstić information content (AvgIpc) is 2.86. The van der Waals surface area contributed by atoms with Gasteiger partial charge in [0.1, 0.15) is 10.6 Å². The number of nitrogens with zero attached hydrogens (tertiary/aromatic N) is 1. The molecular formula is C18H16ClN3O6S. The number of halogens is 1. The Morgan fingerprint density at radius 3 is 2.38 bits per heavy atom. The molecule has 0 bridgehead atoms. The summed E-state index contributed by atoms with van der Waals surface area (Å²) in [6.07, 6.45) is 0. The molecule has 3 N–H and O–H groups in total. The molecule has 1 aliphatic rings. The molecule has 152 valence electrons. The summed E-state index contributed by atoms with van der Waals surface area (Å²) >= 11 is 5.78. The summed E-state index contributed by atoms with van der Waals surface area (Å²) in [5.41, 5.74) is 3.96. The third-order valence-electron chi connectivity index (χ3n) is 4.17. The van der Waals surface area contributed by atoms with E-state index in [1.165, 1.54) is 30.3 Å². The van der Waals surface area contributed by atoms with E-state index in [1.807, 2.05) is 0 Å². The van der Waals surface area contributed by atoms with E-state index >= 15 is 0 Å². The van der Waals surface area contributed by atoms with E-state index < -0.39 is 33.8 Å². The van der Waals surface area contributed by atoms with Crippen LogP contribution in [0.3, 0.4) is 0 Å². The first-order chi connectivity index (χ1) is 13.5. The van der Waals surface area contributed by atoms with Crippen molar-refractivity contribution in [3.05, 3.63) is 58.1 Å². The van der Waals surface area contributed by atoms with E-state index in [0.717, 1.165) is 10.4 Å². The highest BCUT2D eigenvalue weighted by atomic mass is 35.5. The number of rotatable bonds is 3. The zero-order valence-electron chi connectivity index (χ0n) is 15.3. The molecule has 11 heteroatoms. The number of amides is 3. The Bertz CT molecular complexity index is 1150. The molecule has 0 aliphatic carbocycles. The van der Waals surface area contributed by atoms with Crippen molar-refractivity contribution in [2.45, 2.75) is 24.8 Å². The third-order valence-corrected chi connectivity index (χ3v) is 6.41. The number of sulfonamides is 1. The summed E-state index contributed by atoms with van der Waals surface area (Å²) in [4.78, 5) is 36.5. The number of carbonyl (C=O) groups excluding carboxylic acids is 3. The van der Waals surface area contributed by atoms with Gasteiger partial charge in [-0.05, 0) is 50.2 Å². The summed E-state index contributed by atoms with van der Waals surface area (Å²) < 4.78 is 25.9. The van der Waals surface area contributed by atoms with Gasteiger partial charge in [-0.15, -0.1) is 0 Å². The van der Waals surface area contributed by atoms with Crippen LogP contribution in [-0.4, -0.2) is 41.6 Å². The van der Waals surface area contributed by atoms with Gasteiger partial charge in [0.2, 0.25) is 0 Å². The van der Waals surface area contributed by atoms with Crippen molar-refractivity contribution in [2.24, 2.45) is 0 Å². The van der Waals surface area contributed by atoms with Gasteiger partial charge in [-0.25, -0.2) is 12.7 Å². The molecule has 0 saturated heterocycles. The van der Waals surface area contributed by atoms with E-state index in [1.54, 1.807) is 13.8 Å². The van der Waals surface area contributed by atoms with Gasteiger partial charge in [-0.1, -0.05) is 11.6 Å². The first kappa shape index (κ1) is 20.6. The topological polar surface area (TPSA) is 133 Å². The van der Waals surface area contributed by atoms with Crippen LogP contribution in [0.4, 0.5) is 0 Å². The van der Waals surface area contributed by atoms with Gasteiger partial charge < -0.3 is 5.11 Å². The lowest BCUT2D eigenvalue weighted by Crippen LogP contribution is -2.41. The Morgan fingerprint density at radius 1 is 1.07 bits per heavy atom. The first-order valence-corrected chi connectivity index (χ1v) is 10.2. The molecule has 29 heavy (non-hydrogen) atoms. The molecule has 0 fully saturated rings. The summed E-state index contributed by atoms with van der Waals surface area (Å²) in [5.74, 6) is -2.63. The maximum atomic E-state index is 12.6. The van der Waals surface area contributed by atoms with Gasteiger partial charge in [0.25, 0.3) is 27.7 Å².